The first-order chi connectivity index (χ1) is 7.97. The third kappa shape index (κ3) is 9.00. The molecule has 0 fully saturated rings. The van der Waals surface area contributed by atoms with Crippen molar-refractivity contribution in [1.29, 1.82) is 0 Å². The smallest absolute Gasteiger partial charge is 0.326 e. The summed E-state index contributed by atoms with van der Waals surface area (Å²) in [7, 11) is 0. The predicted molar refractivity (Wildman–Crippen MR) is 70.1 cm³/mol. The van der Waals surface area contributed by atoms with Crippen molar-refractivity contribution in [1.82, 2.24) is 5.32 Å². The summed E-state index contributed by atoms with van der Waals surface area (Å²) in [4.78, 5) is 22.4. The fraction of sp³-hybridized carbons (Fsp3) is 0.818. The zero-order valence-corrected chi connectivity index (χ0v) is 11.3. The molecule has 0 aromatic rings. The third-order valence-corrected chi connectivity index (χ3v) is 2.95. The molecule has 0 bridgehead atoms. The Hall–Kier alpha value is -0.750. The van der Waals surface area contributed by atoms with E-state index in [2.05, 4.69) is 5.32 Å². The van der Waals surface area contributed by atoms with Gasteiger partial charge < -0.3 is 16.2 Å². The summed E-state index contributed by atoms with van der Waals surface area (Å²) in [6.45, 7) is 1.89. The highest BCUT2D eigenvalue weighted by atomic mass is 32.2. The quantitative estimate of drug-likeness (QED) is 0.572. The number of carbonyl (C=O) groups excluding carboxylic acids is 1. The molecular weight excluding hydrogens is 240 g/mol. The summed E-state index contributed by atoms with van der Waals surface area (Å²) in [5, 5.41) is 11.5. The fourth-order valence-electron chi connectivity index (χ4n) is 1.34. The van der Waals surface area contributed by atoms with Gasteiger partial charge in [-0.05, 0) is 38.2 Å². The number of amides is 1. The lowest BCUT2D eigenvalue weighted by molar-refractivity contribution is -0.141. The molecule has 0 saturated heterocycles. The lowest BCUT2D eigenvalue weighted by Crippen LogP contribution is -2.41. The van der Waals surface area contributed by atoms with Gasteiger partial charge in [0.2, 0.25) is 5.91 Å². The van der Waals surface area contributed by atoms with Crippen molar-refractivity contribution in [2.45, 2.75) is 44.7 Å². The highest BCUT2D eigenvalue weighted by Gasteiger charge is 2.18. The van der Waals surface area contributed by atoms with E-state index >= 15 is 0 Å². The van der Waals surface area contributed by atoms with Crippen LogP contribution in [0.25, 0.3) is 0 Å². The van der Waals surface area contributed by atoms with Gasteiger partial charge in [-0.15, -0.1) is 0 Å². The van der Waals surface area contributed by atoms with E-state index in [9.17, 15) is 9.59 Å². The van der Waals surface area contributed by atoms with Gasteiger partial charge in [0.15, 0.2) is 0 Å². The lowest BCUT2D eigenvalue weighted by atomic mass is 10.1. The van der Waals surface area contributed by atoms with Crippen molar-refractivity contribution in [2.24, 2.45) is 5.73 Å². The van der Waals surface area contributed by atoms with E-state index in [1.54, 1.807) is 11.8 Å². The molecule has 0 radical (unpaired) electrons. The normalized spacial score (nSPS) is 14.1. The van der Waals surface area contributed by atoms with Crippen molar-refractivity contribution < 1.29 is 14.7 Å². The van der Waals surface area contributed by atoms with E-state index in [4.69, 9.17) is 10.8 Å². The standard InChI is InChI=1S/C11H22N2O3S/c1-8(12)4-3-5-10(14)13-9(11(15)16)6-7-17-2/h8-9H,3-7,12H2,1-2H3,(H,13,14)(H,15,16)/t8?,9-/m1/s1. The van der Waals surface area contributed by atoms with Crippen LogP contribution in [-0.2, 0) is 9.59 Å². The second kappa shape index (κ2) is 9.30. The van der Waals surface area contributed by atoms with Gasteiger partial charge in [-0.25, -0.2) is 4.79 Å². The maximum atomic E-state index is 11.5. The predicted octanol–water partition coefficient (Wildman–Crippen LogP) is 0.826. The number of carboxylic acids is 1. The molecule has 0 heterocycles. The summed E-state index contributed by atoms with van der Waals surface area (Å²) in [5.41, 5.74) is 5.57. The van der Waals surface area contributed by atoms with Crippen LogP contribution in [0.1, 0.15) is 32.6 Å². The van der Waals surface area contributed by atoms with Crippen molar-refractivity contribution in [3.05, 3.63) is 0 Å². The average Bonchev–Trinajstić information content (AvgIpc) is 2.23. The van der Waals surface area contributed by atoms with Crippen molar-refractivity contribution >= 4 is 23.6 Å². The molecule has 0 aromatic carbocycles. The molecule has 0 aliphatic heterocycles. The van der Waals surface area contributed by atoms with Crippen LogP contribution in [0.2, 0.25) is 0 Å². The molecule has 0 rings (SSSR count). The van der Waals surface area contributed by atoms with Gasteiger partial charge in [-0.1, -0.05) is 0 Å². The molecule has 0 aliphatic rings. The van der Waals surface area contributed by atoms with Crippen LogP contribution in [0.4, 0.5) is 0 Å². The van der Waals surface area contributed by atoms with Gasteiger partial charge in [0.1, 0.15) is 6.04 Å². The lowest BCUT2D eigenvalue weighted by Gasteiger charge is -2.14. The number of nitrogens with two attached hydrogens (primary N) is 1. The highest BCUT2D eigenvalue weighted by Crippen LogP contribution is 2.03. The largest absolute Gasteiger partial charge is 0.480 e. The van der Waals surface area contributed by atoms with Crippen LogP contribution in [0.3, 0.4) is 0 Å². The number of nitrogens with one attached hydrogen (secondary N) is 1. The Morgan fingerprint density at radius 1 is 1.41 bits per heavy atom. The van der Waals surface area contributed by atoms with Crippen LogP contribution in [-0.4, -0.2) is 41.1 Å². The molecule has 0 saturated carbocycles. The van der Waals surface area contributed by atoms with Crippen LogP contribution in [0, 0.1) is 0 Å². The first-order valence-corrected chi connectivity index (χ1v) is 7.13. The van der Waals surface area contributed by atoms with Crippen LogP contribution in [0.5, 0.6) is 0 Å². The Bertz CT molecular complexity index is 247. The Labute approximate surface area is 107 Å². The molecule has 2 atom stereocenters. The van der Waals surface area contributed by atoms with Crippen LogP contribution in [0.15, 0.2) is 0 Å². The SMILES string of the molecule is CSCC[C@@H](NC(=O)CCCC(C)N)C(=O)O. The van der Waals surface area contributed by atoms with Crippen molar-refractivity contribution in [3.63, 3.8) is 0 Å². The minimum absolute atomic E-state index is 0.0783. The van der Waals surface area contributed by atoms with Gasteiger partial charge >= 0.3 is 5.97 Å². The molecule has 1 amide bonds. The van der Waals surface area contributed by atoms with Gasteiger partial charge in [-0.2, -0.15) is 11.8 Å². The fourth-order valence-corrected chi connectivity index (χ4v) is 1.82. The molecule has 0 aromatic heterocycles. The average molecular weight is 262 g/mol. The van der Waals surface area contributed by atoms with Crippen LogP contribution >= 0.6 is 11.8 Å². The molecular formula is C11H22N2O3S. The summed E-state index contributed by atoms with van der Waals surface area (Å²) in [6, 6.07) is -0.695. The summed E-state index contributed by atoms with van der Waals surface area (Å²) in [6.07, 6.45) is 4.16. The maximum absolute atomic E-state index is 11.5. The zero-order valence-electron chi connectivity index (χ0n) is 10.4. The van der Waals surface area contributed by atoms with Crippen LogP contribution < -0.4 is 11.1 Å². The molecule has 1 unspecified atom stereocenters. The summed E-state index contributed by atoms with van der Waals surface area (Å²) in [5.74, 6) is -0.462. The van der Waals surface area contributed by atoms with E-state index in [1.165, 1.54) is 0 Å². The second-order valence-corrected chi connectivity index (χ2v) is 5.09. The molecule has 100 valence electrons. The number of carbonyl (C=O) groups is 2. The Balaban J connectivity index is 3.91. The Kier molecular flexibility index (Phi) is 8.89. The number of hydrogen-bond donors (Lipinski definition) is 3. The number of carboxylic acid groups (broad SMARTS) is 1. The Morgan fingerprint density at radius 3 is 2.53 bits per heavy atom. The molecule has 4 N–H and O–H groups in total. The van der Waals surface area contributed by atoms with Gasteiger partial charge in [0.05, 0.1) is 0 Å². The number of aliphatic carboxylic acids is 1. The van der Waals surface area contributed by atoms with E-state index in [0.29, 0.717) is 19.3 Å². The minimum atomic E-state index is -0.973. The molecule has 6 heteroatoms. The topological polar surface area (TPSA) is 92.4 Å². The summed E-state index contributed by atoms with van der Waals surface area (Å²) >= 11 is 1.57. The first kappa shape index (κ1) is 16.2. The number of rotatable bonds is 9. The van der Waals surface area contributed by atoms with E-state index in [1.807, 2.05) is 13.2 Å². The maximum Gasteiger partial charge on any atom is 0.326 e. The second-order valence-electron chi connectivity index (χ2n) is 4.11. The van der Waals surface area contributed by atoms with Gasteiger partial charge in [-0.3, -0.25) is 4.79 Å². The molecule has 0 spiro atoms. The van der Waals surface area contributed by atoms with E-state index in [-0.39, 0.29) is 11.9 Å². The highest BCUT2D eigenvalue weighted by molar-refractivity contribution is 7.98. The van der Waals surface area contributed by atoms with E-state index < -0.39 is 12.0 Å². The first-order valence-electron chi connectivity index (χ1n) is 5.74. The third-order valence-electron chi connectivity index (χ3n) is 2.31. The minimum Gasteiger partial charge on any atom is -0.480 e. The molecule has 17 heavy (non-hydrogen) atoms. The van der Waals surface area contributed by atoms with Gasteiger partial charge in [0.25, 0.3) is 0 Å². The van der Waals surface area contributed by atoms with Crippen molar-refractivity contribution in [3.8, 4) is 0 Å². The zero-order chi connectivity index (χ0) is 13.3. The summed E-state index contributed by atoms with van der Waals surface area (Å²) < 4.78 is 0. The number of hydrogen-bond acceptors (Lipinski definition) is 4. The van der Waals surface area contributed by atoms with Crippen molar-refractivity contribution in [2.75, 3.05) is 12.0 Å². The monoisotopic (exact) mass is 262 g/mol. The Morgan fingerprint density at radius 2 is 2.06 bits per heavy atom. The van der Waals surface area contributed by atoms with E-state index in [0.717, 1.165) is 12.2 Å². The number of thioether (sulfide) groups is 1. The molecule has 5 nitrogen and oxygen atoms in total. The molecule has 0 aliphatic carbocycles. The van der Waals surface area contributed by atoms with Gasteiger partial charge in [0, 0.05) is 12.5 Å².